The number of carbonyl (C=O) groups excluding carboxylic acids is 2. The summed E-state index contributed by atoms with van der Waals surface area (Å²) in [5.74, 6) is 0.267. The average molecular weight is 425 g/mol. The number of aryl methyl sites for hydroxylation is 1. The van der Waals surface area contributed by atoms with E-state index in [0.29, 0.717) is 34.6 Å². The minimum atomic E-state index is -0.582. The zero-order chi connectivity index (χ0) is 21.0. The third kappa shape index (κ3) is 4.97. The number of benzene rings is 1. The number of ether oxygens (including phenoxy) is 2. The largest absolute Gasteiger partial charge is 0.493 e. The lowest BCUT2D eigenvalue weighted by molar-refractivity contribution is 0.100. The van der Waals surface area contributed by atoms with E-state index in [1.807, 2.05) is 6.92 Å². The smallest absolute Gasteiger partial charge is 0.256 e. The first-order valence-corrected chi connectivity index (χ1v) is 10.1. The normalized spacial score (nSPS) is 10.8. The highest BCUT2D eigenvalue weighted by Crippen LogP contribution is 2.37. The predicted octanol–water partition coefficient (Wildman–Crippen LogP) is 4.80. The Morgan fingerprint density at radius 2 is 1.96 bits per heavy atom. The first-order chi connectivity index (χ1) is 13.1. The zero-order valence-corrected chi connectivity index (χ0v) is 18.2. The van der Waals surface area contributed by atoms with E-state index in [-0.39, 0.29) is 10.6 Å². The molecule has 1 aromatic carbocycles. The summed E-state index contributed by atoms with van der Waals surface area (Å²) >= 11 is 7.63. The van der Waals surface area contributed by atoms with Crippen molar-refractivity contribution in [2.45, 2.75) is 34.1 Å². The molecule has 0 radical (unpaired) electrons. The number of hydrogen-bond donors (Lipinski definition) is 2. The van der Waals surface area contributed by atoms with Gasteiger partial charge in [0.1, 0.15) is 5.00 Å². The first kappa shape index (κ1) is 22.0. The SMILES string of the molecule is COc1cc(C(=O)Nc2sc(C)c(C)c2C(N)=O)cc(Cl)c1OCCC(C)C. The number of anilines is 1. The number of primary amides is 1. The molecule has 152 valence electrons. The highest BCUT2D eigenvalue weighted by molar-refractivity contribution is 7.16. The number of amides is 2. The molecule has 1 heterocycles. The second-order valence-corrected chi connectivity index (χ2v) is 8.46. The van der Waals surface area contributed by atoms with E-state index in [1.165, 1.54) is 24.5 Å². The van der Waals surface area contributed by atoms with Crippen LogP contribution in [0.2, 0.25) is 5.02 Å². The number of carbonyl (C=O) groups is 2. The molecule has 2 rings (SSSR count). The van der Waals surface area contributed by atoms with Crippen LogP contribution in [0.5, 0.6) is 11.5 Å². The Morgan fingerprint density at radius 1 is 1.29 bits per heavy atom. The van der Waals surface area contributed by atoms with Crippen LogP contribution in [-0.2, 0) is 0 Å². The Bertz CT molecular complexity index is 893. The van der Waals surface area contributed by atoms with Gasteiger partial charge in [0.25, 0.3) is 11.8 Å². The predicted molar refractivity (Wildman–Crippen MR) is 113 cm³/mol. The van der Waals surface area contributed by atoms with Crippen molar-refractivity contribution in [3.8, 4) is 11.5 Å². The van der Waals surface area contributed by atoms with E-state index >= 15 is 0 Å². The summed E-state index contributed by atoms with van der Waals surface area (Å²) < 4.78 is 11.1. The fraction of sp³-hybridized carbons (Fsp3) is 0.400. The molecule has 0 aliphatic carbocycles. The van der Waals surface area contributed by atoms with Crippen molar-refractivity contribution in [2.24, 2.45) is 11.7 Å². The van der Waals surface area contributed by atoms with Gasteiger partial charge in [-0.25, -0.2) is 0 Å². The van der Waals surface area contributed by atoms with Crippen molar-refractivity contribution >= 4 is 39.8 Å². The second kappa shape index (κ2) is 9.30. The van der Waals surface area contributed by atoms with Gasteiger partial charge in [0.15, 0.2) is 11.5 Å². The Morgan fingerprint density at radius 3 is 2.54 bits per heavy atom. The van der Waals surface area contributed by atoms with Crippen molar-refractivity contribution < 1.29 is 19.1 Å². The van der Waals surface area contributed by atoms with Gasteiger partial charge in [-0.1, -0.05) is 25.4 Å². The number of nitrogens with two attached hydrogens (primary N) is 1. The standard InChI is InChI=1S/C20H25ClN2O4S/c1-10(2)6-7-27-17-14(21)8-13(9-15(17)26-5)19(25)23-20-16(18(22)24)11(3)12(4)28-20/h8-10H,6-7H2,1-5H3,(H2,22,24)(H,23,25). The number of rotatable bonds is 8. The molecular weight excluding hydrogens is 400 g/mol. The van der Waals surface area contributed by atoms with Gasteiger partial charge in [-0.15, -0.1) is 11.3 Å². The maximum Gasteiger partial charge on any atom is 0.256 e. The highest BCUT2D eigenvalue weighted by Gasteiger charge is 2.21. The number of hydrogen-bond acceptors (Lipinski definition) is 5. The average Bonchev–Trinajstić information content (AvgIpc) is 2.89. The summed E-state index contributed by atoms with van der Waals surface area (Å²) in [6, 6.07) is 3.07. The molecule has 1 aromatic heterocycles. The van der Waals surface area contributed by atoms with E-state index in [4.69, 9.17) is 26.8 Å². The van der Waals surface area contributed by atoms with Crippen molar-refractivity contribution in [1.82, 2.24) is 0 Å². The van der Waals surface area contributed by atoms with Crippen molar-refractivity contribution in [2.75, 3.05) is 19.0 Å². The van der Waals surface area contributed by atoms with Gasteiger partial charge in [-0.05, 0) is 43.9 Å². The van der Waals surface area contributed by atoms with Crippen molar-refractivity contribution in [1.29, 1.82) is 0 Å². The van der Waals surface area contributed by atoms with Gasteiger partial charge in [-0.2, -0.15) is 0 Å². The molecule has 0 aliphatic rings. The number of methoxy groups -OCH3 is 1. The lowest BCUT2D eigenvalue weighted by Crippen LogP contribution is -2.17. The lowest BCUT2D eigenvalue weighted by Gasteiger charge is -2.15. The minimum Gasteiger partial charge on any atom is -0.493 e. The molecule has 0 unspecified atom stereocenters. The molecule has 2 aromatic rings. The van der Waals surface area contributed by atoms with Gasteiger partial charge < -0.3 is 20.5 Å². The highest BCUT2D eigenvalue weighted by atomic mass is 35.5. The molecule has 0 atom stereocenters. The maximum absolute atomic E-state index is 12.7. The van der Waals surface area contributed by atoms with Crippen LogP contribution < -0.4 is 20.5 Å². The topological polar surface area (TPSA) is 90.6 Å². The summed E-state index contributed by atoms with van der Waals surface area (Å²) in [6.07, 6.45) is 0.870. The molecule has 0 saturated carbocycles. The quantitative estimate of drug-likeness (QED) is 0.636. The molecule has 0 saturated heterocycles. The molecule has 2 amide bonds. The molecule has 3 N–H and O–H groups in total. The van der Waals surface area contributed by atoms with Crippen LogP contribution in [0.3, 0.4) is 0 Å². The molecule has 0 aliphatic heterocycles. The van der Waals surface area contributed by atoms with Crippen LogP contribution in [0, 0.1) is 19.8 Å². The Balaban J connectivity index is 2.28. The van der Waals surface area contributed by atoms with E-state index in [9.17, 15) is 9.59 Å². The summed E-state index contributed by atoms with van der Waals surface area (Å²) in [4.78, 5) is 25.4. The Kier molecular flexibility index (Phi) is 7.32. The molecular formula is C20H25ClN2O4S. The lowest BCUT2D eigenvalue weighted by atomic mass is 10.1. The van der Waals surface area contributed by atoms with Crippen LogP contribution >= 0.6 is 22.9 Å². The summed E-state index contributed by atoms with van der Waals surface area (Å²) in [5, 5.41) is 3.45. The van der Waals surface area contributed by atoms with Gasteiger partial charge in [0, 0.05) is 10.4 Å². The van der Waals surface area contributed by atoms with Crippen LogP contribution in [0.15, 0.2) is 12.1 Å². The fourth-order valence-electron chi connectivity index (χ4n) is 2.57. The van der Waals surface area contributed by atoms with Crippen LogP contribution in [-0.4, -0.2) is 25.5 Å². The first-order valence-electron chi connectivity index (χ1n) is 8.87. The maximum atomic E-state index is 12.7. The van der Waals surface area contributed by atoms with Gasteiger partial charge in [0.05, 0.1) is 24.3 Å². The summed E-state index contributed by atoms with van der Waals surface area (Å²) in [6.45, 7) is 8.36. The molecule has 0 bridgehead atoms. The molecule has 0 spiro atoms. The minimum absolute atomic E-state index is 0.280. The molecule has 0 fully saturated rings. The molecule has 28 heavy (non-hydrogen) atoms. The van der Waals surface area contributed by atoms with E-state index in [2.05, 4.69) is 19.2 Å². The third-order valence-electron chi connectivity index (χ3n) is 4.29. The molecule has 8 heteroatoms. The van der Waals surface area contributed by atoms with Crippen molar-refractivity contribution in [3.05, 3.63) is 38.7 Å². The van der Waals surface area contributed by atoms with Crippen LogP contribution in [0.1, 0.15) is 51.4 Å². The number of nitrogens with one attached hydrogen (secondary N) is 1. The van der Waals surface area contributed by atoms with Crippen molar-refractivity contribution in [3.63, 3.8) is 0 Å². The molecule has 6 nitrogen and oxygen atoms in total. The van der Waals surface area contributed by atoms with Gasteiger partial charge in [-0.3, -0.25) is 9.59 Å². The Hall–Kier alpha value is -2.25. The fourth-order valence-corrected chi connectivity index (χ4v) is 3.90. The van der Waals surface area contributed by atoms with E-state index in [1.54, 1.807) is 13.0 Å². The van der Waals surface area contributed by atoms with Gasteiger partial charge >= 0.3 is 0 Å². The number of thiophene rings is 1. The van der Waals surface area contributed by atoms with Crippen LogP contribution in [0.25, 0.3) is 0 Å². The number of halogens is 1. The third-order valence-corrected chi connectivity index (χ3v) is 5.70. The summed E-state index contributed by atoms with van der Waals surface area (Å²) in [5.41, 5.74) is 6.83. The second-order valence-electron chi connectivity index (χ2n) is 6.83. The summed E-state index contributed by atoms with van der Waals surface area (Å²) in [7, 11) is 1.49. The van der Waals surface area contributed by atoms with Crippen LogP contribution in [0.4, 0.5) is 5.00 Å². The van der Waals surface area contributed by atoms with E-state index in [0.717, 1.165) is 16.9 Å². The zero-order valence-electron chi connectivity index (χ0n) is 16.6. The van der Waals surface area contributed by atoms with Gasteiger partial charge in [0.2, 0.25) is 0 Å². The van der Waals surface area contributed by atoms with E-state index < -0.39 is 11.8 Å². The monoisotopic (exact) mass is 424 g/mol. The Labute approximate surface area is 174 Å².